The van der Waals surface area contributed by atoms with E-state index in [2.05, 4.69) is 36.5 Å². The number of rotatable bonds is 0. The second kappa shape index (κ2) is 4.85. The van der Waals surface area contributed by atoms with Crippen LogP contribution in [0.15, 0.2) is 24.3 Å². The molecule has 108 valence electrons. The van der Waals surface area contributed by atoms with E-state index in [9.17, 15) is 0 Å². The highest BCUT2D eigenvalue weighted by Crippen LogP contribution is 2.44. The maximum Gasteiger partial charge on any atom is 0.0988 e. The Labute approximate surface area is 121 Å². The topological polar surface area (TPSA) is 21.3 Å². The number of hydrogen-bond acceptors (Lipinski definition) is 2. The van der Waals surface area contributed by atoms with Crippen LogP contribution in [0.25, 0.3) is 0 Å². The molecule has 1 aliphatic heterocycles. The molecule has 0 amide bonds. The van der Waals surface area contributed by atoms with Crippen molar-refractivity contribution in [2.24, 2.45) is 5.92 Å². The maximum atomic E-state index is 6.73. The standard InChI is InChI=1S/C18H25NO/c1-13-8-10-18(11-9-13)12-19-16-7-6-14-4-2-3-5-15(14)17(16)20-18/h2-5,13,16-17,19H,6-12H2,1H3. The molecule has 1 saturated carbocycles. The molecule has 2 aliphatic carbocycles. The molecule has 1 aromatic carbocycles. The number of morpholine rings is 1. The number of benzene rings is 1. The number of fused-ring (bicyclic) bond motifs is 3. The number of nitrogens with one attached hydrogen (secondary N) is 1. The summed E-state index contributed by atoms with van der Waals surface area (Å²) in [7, 11) is 0. The largest absolute Gasteiger partial charge is 0.364 e. The van der Waals surface area contributed by atoms with Gasteiger partial charge in [-0.25, -0.2) is 0 Å². The molecule has 1 heterocycles. The van der Waals surface area contributed by atoms with Gasteiger partial charge in [0.1, 0.15) is 0 Å². The van der Waals surface area contributed by atoms with Gasteiger partial charge in [0.2, 0.25) is 0 Å². The van der Waals surface area contributed by atoms with E-state index in [1.807, 2.05) is 0 Å². The van der Waals surface area contributed by atoms with Gasteiger partial charge in [0, 0.05) is 12.6 Å². The lowest BCUT2D eigenvalue weighted by molar-refractivity contribution is -0.160. The highest BCUT2D eigenvalue weighted by atomic mass is 16.5. The van der Waals surface area contributed by atoms with E-state index in [1.165, 1.54) is 49.7 Å². The van der Waals surface area contributed by atoms with Crippen molar-refractivity contribution in [3.8, 4) is 0 Å². The highest BCUT2D eigenvalue weighted by Gasteiger charge is 2.45. The Kier molecular flexibility index (Phi) is 3.12. The smallest absolute Gasteiger partial charge is 0.0988 e. The van der Waals surface area contributed by atoms with E-state index in [1.54, 1.807) is 0 Å². The van der Waals surface area contributed by atoms with E-state index in [0.29, 0.717) is 6.04 Å². The van der Waals surface area contributed by atoms with Crippen LogP contribution < -0.4 is 5.32 Å². The molecule has 2 heteroatoms. The Morgan fingerprint density at radius 3 is 2.80 bits per heavy atom. The van der Waals surface area contributed by atoms with Crippen LogP contribution in [-0.4, -0.2) is 18.2 Å². The zero-order valence-electron chi connectivity index (χ0n) is 12.4. The van der Waals surface area contributed by atoms with Crippen molar-refractivity contribution in [3.63, 3.8) is 0 Å². The summed E-state index contributed by atoms with van der Waals surface area (Å²) in [5.41, 5.74) is 3.05. The van der Waals surface area contributed by atoms with Crippen molar-refractivity contribution in [1.29, 1.82) is 0 Å². The Balaban J connectivity index is 1.61. The first-order chi connectivity index (χ1) is 9.76. The van der Waals surface area contributed by atoms with Crippen LogP contribution in [0.4, 0.5) is 0 Å². The Morgan fingerprint density at radius 2 is 1.95 bits per heavy atom. The first-order valence-corrected chi connectivity index (χ1v) is 8.25. The van der Waals surface area contributed by atoms with Crippen molar-refractivity contribution in [1.82, 2.24) is 5.32 Å². The minimum atomic E-state index is 0.109. The molecule has 2 atom stereocenters. The molecule has 0 bridgehead atoms. The van der Waals surface area contributed by atoms with Gasteiger partial charge >= 0.3 is 0 Å². The molecule has 0 aromatic heterocycles. The van der Waals surface area contributed by atoms with E-state index in [0.717, 1.165) is 12.5 Å². The summed E-state index contributed by atoms with van der Waals surface area (Å²) in [4.78, 5) is 0. The molecular formula is C18H25NO. The second-order valence-corrected chi connectivity index (χ2v) is 7.13. The summed E-state index contributed by atoms with van der Waals surface area (Å²) >= 11 is 0. The van der Waals surface area contributed by atoms with E-state index in [4.69, 9.17) is 4.74 Å². The van der Waals surface area contributed by atoms with Crippen LogP contribution in [0.5, 0.6) is 0 Å². The lowest BCUT2D eigenvalue weighted by Gasteiger charge is -2.50. The molecule has 0 radical (unpaired) electrons. The Morgan fingerprint density at radius 1 is 1.15 bits per heavy atom. The molecule has 2 unspecified atom stereocenters. The van der Waals surface area contributed by atoms with Gasteiger partial charge in [0.05, 0.1) is 11.7 Å². The van der Waals surface area contributed by atoms with Gasteiger partial charge in [0.15, 0.2) is 0 Å². The van der Waals surface area contributed by atoms with Gasteiger partial charge in [-0.3, -0.25) is 0 Å². The first-order valence-electron chi connectivity index (χ1n) is 8.25. The molecular weight excluding hydrogens is 246 g/mol. The summed E-state index contributed by atoms with van der Waals surface area (Å²) in [6, 6.07) is 9.40. The van der Waals surface area contributed by atoms with Gasteiger partial charge in [-0.2, -0.15) is 0 Å². The number of hydrogen-bond donors (Lipinski definition) is 1. The van der Waals surface area contributed by atoms with Crippen LogP contribution in [0.3, 0.4) is 0 Å². The third-order valence-corrected chi connectivity index (χ3v) is 5.70. The third-order valence-electron chi connectivity index (χ3n) is 5.70. The zero-order valence-corrected chi connectivity index (χ0v) is 12.4. The lowest BCUT2D eigenvalue weighted by atomic mass is 9.76. The summed E-state index contributed by atoms with van der Waals surface area (Å²) in [5.74, 6) is 0.876. The molecule has 2 nitrogen and oxygen atoms in total. The zero-order chi connectivity index (χ0) is 13.6. The first kappa shape index (κ1) is 12.8. The van der Waals surface area contributed by atoms with E-state index >= 15 is 0 Å². The van der Waals surface area contributed by atoms with Gasteiger partial charge in [-0.1, -0.05) is 31.2 Å². The van der Waals surface area contributed by atoms with Crippen LogP contribution in [0.1, 0.15) is 56.3 Å². The minimum Gasteiger partial charge on any atom is -0.364 e. The van der Waals surface area contributed by atoms with Crippen molar-refractivity contribution < 1.29 is 4.74 Å². The summed E-state index contributed by atoms with van der Waals surface area (Å²) in [5, 5.41) is 3.81. The minimum absolute atomic E-state index is 0.109. The Hall–Kier alpha value is -0.860. The average Bonchev–Trinajstić information content (AvgIpc) is 2.50. The summed E-state index contributed by atoms with van der Waals surface area (Å²) < 4.78 is 6.73. The average molecular weight is 271 g/mol. The maximum absolute atomic E-state index is 6.73. The molecule has 1 saturated heterocycles. The van der Waals surface area contributed by atoms with Gasteiger partial charge in [-0.05, 0) is 55.6 Å². The molecule has 3 aliphatic rings. The van der Waals surface area contributed by atoms with Crippen LogP contribution in [-0.2, 0) is 11.2 Å². The summed E-state index contributed by atoms with van der Waals surface area (Å²) in [6.45, 7) is 3.44. The Bertz CT molecular complexity index is 490. The number of ether oxygens (including phenoxy) is 1. The second-order valence-electron chi connectivity index (χ2n) is 7.13. The normalized spacial score (nSPS) is 40.1. The molecule has 1 N–H and O–H groups in total. The van der Waals surface area contributed by atoms with Gasteiger partial charge < -0.3 is 10.1 Å². The summed E-state index contributed by atoms with van der Waals surface area (Å²) in [6.07, 6.45) is 7.79. The SMILES string of the molecule is CC1CCC2(CC1)CNC1CCc3ccccc3C1O2. The van der Waals surface area contributed by atoms with E-state index < -0.39 is 0 Å². The lowest BCUT2D eigenvalue weighted by Crippen LogP contribution is -2.57. The molecule has 1 aromatic rings. The monoisotopic (exact) mass is 271 g/mol. The number of aryl methyl sites for hydroxylation is 1. The fourth-order valence-corrected chi connectivity index (χ4v) is 4.28. The molecule has 1 spiro atoms. The van der Waals surface area contributed by atoms with Crippen molar-refractivity contribution in [2.45, 2.75) is 63.2 Å². The van der Waals surface area contributed by atoms with Crippen LogP contribution in [0.2, 0.25) is 0 Å². The van der Waals surface area contributed by atoms with Crippen LogP contribution >= 0.6 is 0 Å². The third kappa shape index (κ3) is 2.10. The van der Waals surface area contributed by atoms with Crippen molar-refractivity contribution >= 4 is 0 Å². The molecule has 2 fully saturated rings. The predicted octanol–water partition coefficient (Wildman–Crippen LogP) is 3.61. The van der Waals surface area contributed by atoms with Crippen molar-refractivity contribution in [2.75, 3.05) is 6.54 Å². The van der Waals surface area contributed by atoms with Crippen molar-refractivity contribution in [3.05, 3.63) is 35.4 Å². The van der Waals surface area contributed by atoms with Gasteiger partial charge in [-0.15, -0.1) is 0 Å². The highest BCUT2D eigenvalue weighted by molar-refractivity contribution is 5.33. The van der Waals surface area contributed by atoms with E-state index in [-0.39, 0.29) is 11.7 Å². The fraction of sp³-hybridized carbons (Fsp3) is 0.667. The predicted molar refractivity (Wildman–Crippen MR) is 80.7 cm³/mol. The van der Waals surface area contributed by atoms with Crippen LogP contribution in [0, 0.1) is 5.92 Å². The van der Waals surface area contributed by atoms with Gasteiger partial charge in [0.25, 0.3) is 0 Å². The molecule has 20 heavy (non-hydrogen) atoms. The molecule has 4 rings (SSSR count). The fourth-order valence-electron chi connectivity index (χ4n) is 4.28. The quantitative estimate of drug-likeness (QED) is 0.778.